The highest BCUT2D eigenvalue weighted by Gasteiger charge is 2.40. The van der Waals surface area contributed by atoms with Crippen molar-refractivity contribution >= 4 is 47.2 Å². The van der Waals surface area contributed by atoms with Crippen molar-refractivity contribution in [1.29, 1.82) is 0 Å². The number of rotatable bonds is 11. The van der Waals surface area contributed by atoms with Crippen LogP contribution >= 0.6 is 0 Å². The maximum Gasteiger partial charge on any atom is 0.407 e. The van der Waals surface area contributed by atoms with Crippen LogP contribution in [0.25, 0.3) is 11.1 Å². The molecule has 0 radical (unpaired) electrons. The Labute approximate surface area is 337 Å². The Morgan fingerprint density at radius 1 is 0.569 bits per heavy atom. The molecule has 4 aromatic rings. The molecular formula is C44H48N6O8. The number of hydrogen-bond acceptors (Lipinski definition) is 8. The zero-order chi connectivity index (χ0) is 41.3. The number of aryl methyl sites for hydroxylation is 2. The maximum absolute atomic E-state index is 13.8. The van der Waals surface area contributed by atoms with Gasteiger partial charge in [0, 0.05) is 24.5 Å². The Morgan fingerprint density at radius 2 is 0.948 bits per heavy atom. The van der Waals surface area contributed by atoms with Crippen LogP contribution < -0.4 is 21.3 Å². The van der Waals surface area contributed by atoms with Gasteiger partial charge in [-0.2, -0.15) is 0 Å². The van der Waals surface area contributed by atoms with E-state index in [4.69, 9.17) is 9.47 Å². The quantitative estimate of drug-likeness (QED) is 0.143. The molecule has 4 N–H and O–H groups in total. The van der Waals surface area contributed by atoms with Crippen molar-refractivity contribution in [3.8, 4) is 11.1 Å². The number of nitrogens with zero attached hydrogens (tertiary/aromatic N) is 2. The smallest absolute Gasteiger partial charge is 0.407 e. The molecule has 4 aromatic carbocycles. The highest BCUT2D eigenvalue weighted by molar-refractivity contribution is 6.00. The second kappa shape index (κ2) is 18.5. The van der Waals surface area contributed by atoms with Crippen molar-refractivity contribution in [1.82, 2.24) is 20.4 Å². The van der Waals surface area contributed by atoms with Crippen molar-refractivity contribution in [2.45, 2.75) is 63.7 Å². The van der Waals surface area contributed by atoms with Crippen LogP contribution in [0, 0.1) is 13.8 Å². The average molecular weight is 789 g/mol. The minimum atomic E-state index is -1.01. The van der Waals surface area contributed by atoms with Crippen molar-refractivity contribution in [3.05, 3.63) is 119 Å². The zero-order valence-corrected chi connectivity index (χ0v) is 33.0. The van der Waals surface area contributed by atoms with E-state index < -0.39 is 48.2 Å². The first-order valence-electron chi connectivity index (χ1n) is 19.2. The average Bonchev–Trinajstić information content (AvgIpc) is 3.94. The van der Waals surface area contributed by atoms with E-state index in [9.17, 15) is 28.8 Å². The first-order valence-corrected chi connectivity index (χ1v) is 19.2. The number of amides is 6. The molecule has 2 aliphatic heterocycles. The van der Waals surface area contributed by atoms with Crippen LogP contribution in [0.2, 0.25) is 0 Å². The molecule has 58 heavy (non-hydrogen) atoms. The molecule has 6 amide bonds. The molecule has 4 atom stereocenters. The number of alkyl carbamates (subject to hydrolysis) is 2. The van der Waals surface area contributed by atoms with Gasteiger partial charge in [0.25, 0.3) is 11.8 Å². The predicted octanol–water partition coefficient (Wildman–Crippen LogP) is 6.02. The monoisotopic (exact) mass is 788 g/mol. The lowest BCUT2D eigenvalue weighted by Crippen LogP contribution is -2.48. The van der Waals surface area contributed by atoms with E-state index in [-0.39, 0.29) is 11.8 Å². The van der Waals surface area contributed by atoms with Crippen LogP contribution in [0.1, 0.15) is 60.0 Å². The van der Waals surface area contributed by atoms with Crippen molar-refractivity contribution < 1.29 is 38.2 Å². The first-order chi connectivity index (χ1) is 28.0. The van der Waals surface area contributed by atoms with Gasteiger partial charge in [-0.1, -0.05) is 72.8 Å². The summed E-state index contributed by atoms with van der Waals surface area (Å²) in [7, 11) is 2.46. The third-order valence-electron chi connectivity index (χ3n) is 10.6. The van der Waals surface area contributed by atoms with Gasteiger partial charge in [-0.3, -0.25) is 19.2 Å². The van der Waals surface area contributed by atoms with Crippen LogP contribution in [0.3, 0.4) is 0 Å². The second-order valence-corrected chi connectivity index (χ2v) is 14.4. The number of carbonyl (C=O) groups is 6. The molecular weight excluding hydrogens is 741 g/mol. The fourth-order valence-corrected chi connectivity index (χ4v) is 7.70. The van der Waals surface area contributed by atoms with Gasteiger partial charge in [0.1, 0.15) is 24.2 Å². The summed E-state index contributed by atoms with van der Waals surface area (Å²) in [6.45, 7) is 4.63. The third kappa shape index (κ3) is 9.28. The highest BCUT2D eigenvalue weighted by atomic mass is 16.5. The molecule has 6 rings (SSSR count). The van der Waals surface area contributed by atoms with E-state index in [1.54, 1.807) is 48.5 Å². The Kier molecular flexibility index (Phi) is 13.1. The first kappa shape index (κ1) is 40.9. The molecule has 0 aromatic heterocycles. The number of ether oxygens (including phenoxy) is 2. The fraction of sp³-hybridized carbons (Fsp3) is 0.318. The zero-order valence-electron chi connectivity index (χ0n) is 33.0. The number of hydrogen-bond donors (Lipinski definition) is 4. The van der Waals surface area contributed by atoms with Gasteiger partial charge >= 0.3 is 12.2 Å². The molecule has 302 valence electrons. The summed E-state index contributed by atoms with van der Waals surface area (Å²) in [4.78, 5) is 82.2. The van der Waals surface area contributed by atoms with E-state index in [2.05, 4.69) is 21.3 Å². The SMILES string of the molecule is COC(=O)N[C@@H](C(=O)N1CCC[C@H]1C(=O)Nc1ccc(-c2ccc(NC(=O)[C@@H]3CCCN3C(=O)[C@H](NC(=O)OC)c3ccccc3)cc2C)c(C)c1)c1ccccc1. The number of benzene rings is 4. The van der Waals surface area contributed by atoms with E-state index in [1.807, 2.05) is 62.4 Å². The van der Waals surface area contributed by atoms with E-state index in [0.717, 1.165) is 22.3 Å². The molecule has 0 unspecified atom stereocenters. The molecule has 0 aliphatic carbocycles. The summed E-state index contributed by atoms with van der Waals surface area (Å²) in [5, 5.41) is 11.2. The van der Waals surface area contributed by atoms with Crippen molar-refractivity contribution in [3.63, 3.8) is 0 Å². The Hall–Kier alpha value is -6.70. The molecule has 0 spiro atoms. The van der Waals surface area contributed by atoms with Gasteiger partial charge in [0.15, 0.2) is 0 Å². The summed E-state index contributed by atoms with van der Waals surface area (Å²) in [5.74, 6) is -1.43. The Balaban J connectivity index is 1.11. The van der Waals surface area contributed by atoms with Crippen LogP contribution in [0.4, 0.5) is 21.0 Å². The number of methoxy groups -OCH3 is 2. The number of likely N-dealkylation sites (tertiary alicyclic amines) is 2. The van der Waals surface area contributed by atoms with Gasteiger partial charge in [-0.25, -0.2) is 9.59 Å². The van der Waals surface area contributed by atoms with Crippen LogP contribution in [-0.4, -0.2) is 85.0 Å². The second-order valence-electron chi connectivity index (χ2n) is 14.4. The molecule has 14 nitrogen and oxygen atoms in total. The number of carbonyl (C=O) groups excluding carboxylic acids is 6. The Morgan fingerprint density at radius 3 is 1.29 bits per heavy atom. The summed E-state index contributed by atoms with van der Waals surface area (Å²) >= 11 is 0. The van der Waals surface area contributed by atoms with Crippen LogP contribution in [0.5, 0.6) is 0 Å². The minimum absolute atomic E-state index is 0.322. The predicted molar refractivity (Wildman–Crippen MR) is 218 cm³/mol. The highest BCUT2D eigenvalue weighted by Crippen LogP contribution is 2.32. The molecule has 2 fully saturated rings. The molecule has 2 aliphatic rings. The molecule has 0 bridgehead atoms. The van der Waals surface area contributed by atoms with Crippen molar-refractivity contribution in [2.24, 2.45) is 0 Å². The van der Waals surface area contributed by atoms with Crippen LogP contribution in [0.15, 0.2) is 97.1 Å². The number of nitrogens with one attached hydrogen (secondary N) is 4. The summed E-state index contributed by atoms with van der Waals surface area (Å²) in [5.41, 5.74) is 5.98. The number of anilines is 2. The largest absolute Gasteiger partial charge is 0.453 e. The van der Waals surface area contributed by atoms with Gasteiger partial charge in [0.2, 0.25) is 11.8 Å². The van der Waals surface area contributed by atoms with Crippen molar-refractivity contribution in [2.75, 3.05) is 37.9 Å². The lowest BCUT2D eigenvalue weighted by atomic mass is 9.95. The summed E-state index contributed by atoms with van der Waals surface area (Å²) < 4.78 is 9.54. The molecule has 0 saturated carbocycles. The Bertz CT molecular complexity index is 2010. The summed E-state index contributed by atoms with van der Waals surface area (Å²) in [6, 6.07) is 25.4. The van der Waals surface area contributed by atoms with E-state index >= 15 is 0 Å². The lowest BCUT2D eigenvalue weighted by molar-refractivity contribution is -0.138. The third-order valence-corrected chi connectivity index (χ3v) is 10.6. The summed E-state index contributed by atoms with van der Waals surface area (Å²) in [6.07, 6.45) is 0.733. The minimum Gasteiger partial charge on any atom is -0.453 e. The van der Waals surface area contributed by atoms with Crippen LogP contribution in [-0.2, 0) is 28.7 Å². The van der Waals surface area contributed by atoms with Gasteiger partial charge in [-0.15, -0.1) is 0 Å². The fourth-order valence-electron chi connectivity index (χ4n) is 7.70. The van der Waals surface area contributed by atoms with E-state index in [1.165, 1.54) is 24.0 Å². The van der Waals surface area contributed by atoms with Gasteiger partial charge in [0.05, 0.1) is 14.2 Å². The molecule has 2 heterocycles. The maximum atomic E-state index is 13.8. The molecule has 14 heteroatoms. The normalized spacial score (nSPS) is 17.1. The van der Waals surface area contributed by atoms with Gasteiger partial charge in [-0.05, 0) is 97.2 Å². The van der Waals surface area contributed by atoms with Gasteiger partial charge < -0.3 is 40.5 Å². The lowest BCUT2D eigenvalue weighted by Gasteiger charge is -2.29. The standard InChI is InChI=1S/C44H48N6O8/c1-27-25-31(45-39(51)35-17-11-23-49(35)41(53)37(47-43(55)57-3)29-13-7-5-8-14-29)19-21-33(27)34-22-20-32(26-28(34)2)46-40(52)36-18-12-24-50(36)42(54)38(48-44(56)58-4)30-15-9-6-10-16-30/h5-10,13-16,19-22,25-26,35-38H,11-12,17-18,23-24H2,1-4H3,(H,45,51)(H,46,52)(H,47,55)(H,48,56)/t35-,36-,37+,38+/m0/s1. The topological polar surface area (TPSA) is 175 Å². The molecule has 2 saturated heterocycles. The van der Waals surface area contributed by atoms with E-state index in [0.29, 0.717) is 61.3 Å².